The lowest BCUT2D eigenvalue weighted by Crippen LogP contribution is -2.48. The van der Waals surface area contributed by atoms with E-state index in [0.717, 1.165) is 5.69 Å². The zero-order valence-corrected chi connectivity index (χ0v) is 15.6. The molecular weight excluding hydrogens is 366 g/mol. The Morgan fingerprint density at radius 2 is 1.22 bits per heavy atom. The van der Waals surface area contributed by atoms with Crippen LogP contribution in [-0.4, -0.2) is 57.0 Å². The van der Waals surface area contributed by atoms with Crippen molar-refractivity contribution in [2.45, 2.75) is 0 Å². The highest BCUT2D eigenvalue weighted by Gasteiger charge is 2.38. The molecule has 0 saturated carbocycles. The van der Waals surface area contributed by atoms with Crippen molar-refractivity contribution < 1.29 is 18.0 Å². The van der Waals surface area contributed by atoms with Crippen LogP contribution >= 0.6 is 0 Å². The lowest BCUT2D eigenvalue weighted by molar-refractivity contribution is 0.0926. The Labute approximate surface area is 157 Å². The summed E-state index contributed by atoms with van der Waals surface area (Å²) >= 11 is 0. The van der Waals surface area contributed by atoms with E-state index in [1.807, 2.05) is 17.0 Å². The SMILES string of the molecule is CS(=O)(=O)N1CCN(c2ccccc2N2C(=O)c3ccccc3C2=O)CC1. The number of fused-ring (bicyclic) bond motifs is 1. The fourth-order valence-electron chi connectivity index (χ4n) is 3.59. The van der Waals surface area contributed by atoms with Crippen LogP contribution in [0.25, 0.3) is 0 Å². The Morgan fingerprint density at radius 3 is 1.74 bits per heavy atom. The van der Waals surface area contributed by atoms with Crippen molar-refractivity contribution >= 4 is 33.2 Å². The molecule has 0 spiro atoms. The summed E-state index contributed by atoms with van der Waals surface area (Å²) in [5.74, 6) is -0.671. The lowest BCUT2D eigenvalue weighted by Gasteiger charge is -2.36. The zero-order chi connectivity index (χ0) is 19.2. The second-order valence-electron chi connectivity index (χ2n) is 6.63. The first-order valence-electron chi connectivity index (χ1n) is 8.65. The number of imide groups is 1. The molecule has 7 nitrogen and oxygen atoms in total. The monoisotopic (exact) mass is 385 g/mol. The van der Waals surface area contributed by atoms with Crippen molar-refractivity contribution in [1.82, 2.24) is 4.31 Å². The molecule has 8 heteroatoms. The number of para-hydroxylation sites is 2. The van der Waals surface area contributed by atoms with Gasteiger partial charge >= 0.3 is 0 Å². The average Bonchev–Trinajstić information content (AvgIpc) is 2.92. The molecule has 4 rings (SSSR count). The van der Waals surface area contributed by atoms with Crippen LogP contribution in [-0.2, 0) is 10.0 Å². The maximum Gasteiger partial charge on any atom is 0.266 e. The molecule has 2 heterocycles. The minimum Gasteiger partial charge on any atom is -0.367 e. The number of nitrogens with zero attached hydrogens (tertiary/aromatic N) is 3. The molecule has 2 aromatic rings. The molecule has 0 unspecified atom stereocenters. The van der Waals surface area contributed by atoms with Gasteiger partial charge in [0.1, 0.15) is 0 Å². The van der Waals surface area contributed by atoms with Crippen LogP contribution in [0.3, 0.4) is 0 Å². The van der Waals surface area contributed by atoms with E-state index in [-0.39, 0.29) is 11.8 Å². The van der Waals surface area contributed by atoms with Crippen molar-refractivity contribution in [3.8, 4) is 0 Å². The van der Waals surface area contributed by atoms with Crippen molar-refractivity contribution in [2.24, 2.45) is 0 Å². The first-order valence-corrected chi connectivity index (χ1v) is 10.5. The molecule has 2 aliphatic rings. The summed E-state index contributed by atoms with van der Waals surface area (Å²) in [5, 5.41) is 0. The highest BCUT2D eigenvalue weighted by atomic mass is 32.2. The zero-order valence-electron chi connectivity index (χ0n) is 14.8. The Bertz CT molecular complexity index is 992. The van der Waals surface area contributed by atoms with Crippen molar-refractivity contribution in [1.29, 1.82) is 0 Å². The molecule has 0 aromatic heterocycles. The van der Waals surface area contributed by atoms with Crippen LogP contribution in [0.4, 0.5) is 11.4 Å². The Kier molecular flexibility index (Phi) is 4.24. The van der Waals surface area contributed by atoms with Crippen molar-refractivity contribution in [3.05, 3.63) is 59.7 Å². The van der Waals surface area contributed by atoms with E-state index >= 15 is 0 Å². The molecule has 0 radical (unpaired) electrons. The molecule has 0 bridgehead atoms. The summed E-state index contributed by atoms with van der Waals surface area (Å²) in [6.45, 7) is 1.73. The van der Waals surface area contributed by atoms with Gasteiger partial charge in [-0.2, -0.15) is 4.31 Å². The van der Waals surface area contributed by atoms with Gasteiger partial charge in [0, 0.05) is 26.2 Å². The summed E-state index contributed by atoms with van der Waals surface area (Å²) in [6.07, 6.45) is 1.20. The largest absolute Gasteiger partial charge is 0.367 e. The van der Waals surface area contributed by atoms with Crippen LogP contribution in [0.15, 0.2) is 48.5 Å². The average molecular weight is 385 g/mol. The van der Waals surface area contributed by atoms with Gasteiger partial charge in [-0.25, -0.2) is 13.3 Å². The fraction of sp³-hybridized carbons (Fsp3) is 0.263. The smallest absolute Gasteiger partial charge is 0.266 e. The Balaban J connectivity index is 1.66. The predicted octanol–water partition coefficient (Wildman–Crippen LogP) is 1.57. The van der Waals surface area contributed by atoms with E-state index in [0.29, 0.717) is 43.0 Å². The first kappa shape index (κ1) is 17.7. The summed E-state index contributed by atoms with van der Waals surface area (Å²) in [7, 11) is -3.22. The standard InChI is InChI=1S/C19H19N3O4S/c1-27(25,26)21-12-10-20(11-13-21)16-8-4-5-9-17(16)22-18(23)14-6-2-3-7-15(14)19(22)24/h2-9H,10-13H2,1H3. The van der Waals surface area contributed by atoms with Crippen LogP contribution in [0.5, 0.6) is 0 Å². The number of rotatable bonds is 3. The topological polar surface area (TPSA) is 78.0 Å². The molecular formula is C19H19N3O4S. The molecule has 2 aromatic carbocycles. The van der Waals surface area contributed by atoms with Gasteiger partial charge < -0.3 is 4.90 Å². The molecule has 2 amide bonds. The summed E-state index contributed by atoms with van der Waals surface area (Å²) in [6, 6.07) is 14.0. The maximum absolute atomic E-state index is 12.8. The van der Waals surface area contributed by atoms with Crippen LogP contribution in [0.1, 0.15) is 20.7 Å². The number of piperazine rings is 1. The van der Waals surface area contributed by atoms with E-state index in [1.54, 1.807) is 36.4 Å². The number of anilines is 2. The third kappa shape index (κ3) is 3.00. The van der Waals surface area contributed by atoms with E-state index in [9.17, 15) is 18.0 Å². The highest BCUT2D eigenvalue weighted by Crippen LogP contribution is 2.35. The van der Waals surface area contributed by atoms with Gasteiger partial charge in [0.2, 0.25) is 10.0 Å². The predicted molar refractivity (Wildman–Crippen MR) is 103 cm³/mol. The molecule has 2 aliphatic heterocycles. The highest BCUT2D eigenvalue weighted by molar-refractivity contribution is 7.88. The number of hydrogen-bond donors (Lipinski definition) is 0. The number of hydrogen-bond acceptors (Lipinski definition) is 5. The molecule has 0 atom stereocenters. The minimum absolute atomic E-state index is 0.335. The lowest BCUT2D eigenvalue weighted by atomic mass is 10.1. The summed E-state index contributed by atoms with van der Waals surface area (Å²) in [5.41, 5.74) is 2.08. The number of carbonyl (C=O) groups is 2. The van der Waals surface area contributed by atoms with E-state index < -0.39 is 10.0 Å². The first-order chi connectivity index (χ1) is 12.9. The third-order valence-electron chi connectivity index (χ3n) is 4.97. The fourth-order valence-corrected chi connectivity index (χ4v) is 4.42. The Morgan fingerprint density at radius 1 is 0.741 bits per heavy atom. The van der Waals surface area contributed by atoms with E-state index in [4.69, 9.17) is 0 Å². The number of carbonyl (C=O) groups excluding carboxylic acids is 2. The molecule has 140 valence electrons. The summed E-state index contributed by atoms with van der Waals surface area (Å²) < 4.78 is 24.9. The van der Waals surface area contributed by atoms with Crippen molar-refractivity contribution in [2.75, 3.05) is 42.2 Å². The van der Waals surface area contributed by atoms with Gasteiger partial charge in [0.25, 0.3) is 11.8 Å². The van der Waals surface area contributed by atoms with Gasteiger partial charge in [-0.3, -0.25) is 9.59 Å². The van der Waals surface area contributed by atoms with Gasteiger partial charge in [-0.1, -0.05) is 24.3 Å². The van der Waals surface area contributed by atoms with E-state index in [1.165, 1.54) is 15.5 Å². The quantitative estimate of drug-likeness (QED) is 0.750. The number of benzene rings is 2. The molecule has 27 heavy (non-hydrogen) atoms. The second-order valence-corrected chi connectivity index (χ2v) is 8.61. The number of sulfonamides is 1. The second kappa shape index (κ2) is 6.47. The molecule has 0 N–H and O–H groups in total. The number of amides is 2. The van der Waals surface area contributed by atoms with Gasteiger partial charge in [0.05, 0.1) is 28.8 Å². The third-order valence-corrected chi connectivity index (χ3v) is 6.27. The molecule has 1 fully saturated rings. The van der Waals surface area contributed by atoms with Gasteiger partial charge in [-0.15, -0.1) is 0 Å². The van der Waals surface area contributed by atoms with Gasteiger partial charge in [-0.05, 0) is 24.3 Å². The minimum atomic E-state index is -3.22. The molecule has 1 saturated heterocycles. The Hall–Kier alpha value is -2.71. The maximum atomic E-state index is 12.8. The van der Waals surface area contributed by atoms with Crippen LogP contribution in [0, 0.1) is 0 Å². The van der Waals surface area contributed by atoms with Crippen LogP contribution < -0.4 is 9.80 Å². The molecule has 0 aliphatic carbocycles. The van der Waals surface area contributed by atoms with E-state index in [2.05, 4.69) is 0 Å². The van der Waals surface area contributed by atoms with Crippen LogP contribution in [0.2, 0.25) is 0 Å². The van der Waals surface area contributed by atoms with Crippen molar-refractivity contribution in [3.63, 3.8) is 0 Å². The van der Waals surface area contributed by atoms with Gasteiger partial charge in [0.15, 0.2) is 0 Å². The summed E-state index contributed by atoms with van der Waals surface area (Å²) in [4.78, 5) is 28.9. The normalized spacial score (nSPS) is 18.1.